The normalized spacial score (nSPS) is 13.9. The number of aliphatic imine (C=N–C) groups is 1. The van der Waals surface area contributed by atoms with E-state index in [1.165, 1.54) is 28.0 Å². The maximum Gasteiger partial charge on any atom is 0.335 e. The maximum absolute atomic E-state index is 11.2. The van der Waals surface area contributed by atoms with Crippen LogP contribution in [0, 0.1) is 3.95 Å². The number of hydrogen-bond donors (Lipinski definition) is 2. The van der Waals surface area contributed by atoms with Crippen LogP contribution >= 0.6 is 23.6 Å². The summed E-state index contributed by atoms with van der Waals surface area (Å²) in [5.41, 5.74) is 3.40. The maximum atomic E-state index is 11.2. The summed E-state index contributed by atoms with van der Waals surface area (Å²) >= 11 is 6.64. The lowest BCUT2D eigenvalue weighted by Gasteiger charge is -2.06. The molecule has 1 aliphatic heterocycles. The van der Waals surface area contributed by atoms with Gasteiger partial charge in [-0.25, -0.2) is 4.79 Å². The number of rotatable bonds is 3. The predicted molar refractivity (Wildman–Crippen MR) is 106 cm³/mol. The molecule has 3 aromatic rings. The molecule has 5 nitrogen and oxygen atoms in total. The van der Waals surface area contributed by atoms with E-state index in [1.54, 1.807) is 18.3 Å². The zero-order chi connectivity index (χ0) is 18.3. The lowest BCUT2D eigenvalue weighted by molar-refractivity contribution is 0.0697. The molecule has 0 atom stereocenters. The van der Waals surface area contributed by atoms with Crippen LogP contribution in [0.3, 0.4) is 0 Å². The Hall–Kier alpha value is -3.03. The largest absolute Gasteiger partial charge is 0.493 e. The Labute approximate surface area is 157 Å². The van der Waals surface area contributed by atoms with Gasteiger partial charge in [-0.15, -0.1) is 11.3 Å². The Morgan fingerprint density at radius 3 is 2.81 bits per heavy atom. The van der Waals surface area contributed by atoms with Gasteiger partial charge in [-0.05, 0) is 42.6 Å². The highest BCUT2D eigenvalue weighted by Crippen LogP contribution is 2.36. The first kappa shape index (κ1) is 16.4. The summed E-state index contributed by atoms with van der Waals surface area (Å²) in [6, 6.07) is 14.1. The van der Waals surface area contributed by atoms with Gasteiger partial charge < -0.3 is 10.2 Å². The molecule has 0 bridgehead atoms. The molecule has 0 spiro atoms. The van der Waals surface area contributed by atoms with Gasteiger partial charge in [0.05, 0.1) is 21.8 Å². The van der Waals surface area contributed by atoms with E-state index in [0.717, 1.165) is 16.8 Å². The number of carboxylic acid groups (broad SMARTS) is 1. The summed E-state index contributed by atoms with van der Waals surface area (Å²) in [4.78, 5) is 16.1. The van der Waals surface area contributed by atoms with Crippen LogP contribution in [0.15, 0.2) is 53.5 Å². The molecular weight excluding hydrogens is 368 g/mol. The lowest BCUT2D eigenvalue weighted by atomic mass is 10.1. The van der Waals surface area contributed by atoms with Crippen LogP contribution in [-0.4, -0.2) is 27.0 Å². The van der Waals surface area contributed by atoms with E-state index in [1.807, 2.05) is 30.3 Å². The monoisotopic (exact) mass is 380 g/mol. The quantitative estimate of drug-likeness (QED) is 0.632. The molecule has 128 valence electrons. The van der Waals surface area contributed by atoms with E-state index in [2.05, 4.69) is 4.99 Å². The van der Waals surface area contributed by atoms with Gasteiger partial charge in [0, 0.05) is 17.4 Å². The van der Waals surface area contributed by atoms with Crippen molar-refractivity contribution >= 4 is 53.1 Å². The average Bonchev–Trinajstić information content (AvgIpc) is 3.16. The minimum Gasteiger partial charge on any atom is -0.493 e. The number of carbonyl (C=O) groups is 1. The minimum absolute atomic E-state index is 0.0205. The number of carboxylic acids is 1. The number of nitrogens with zero attached hydrogens (tertiary/aromatic N) is 2. The zero-order valence-corrected chi connectivity index (χ0v) is 14.9. The summed E-state index contributed by atoms with van der Waals surface area (Å²) in [5.74, 6) is -1.05. The Morgan fingerprint density at radius 2 is 2.00 bits per heavy atom. The standard InChI is InChI=1S/C19H12N2O3S2/c22-17-16(9-12-10-20-15-7-2-1-6-14(12)15)26-19(25)21(17)13-5-3-4-11(8-13)18(23)24/h1-10,22H,(H,23,24)/b12-9+. The molecule has 0 amide bonds. The fourth-order valence-electron chi connectivity index (χ4n) is 2.78. The lowest BCUT2D eigenvalue weighted by Crippen LogP contribution is -1.99. The van der Waals surface area contributed by atoms with Crippen molar-refractivity contribution in [2.24, 2.45) is 4.99 Å². The number of aromatic hydroxyl groups is 1. The third-order valence-electron chi connectivity index (χ3n) is 4.01. The molecule has 2 aromatic carbocycles. The molecule has 1 aliphatic rings. The highest BCUT2D eigenvalue weighted by atomic mass is 32.1. The summed E-state index contributed by atoms with van der Waals surface area (Å²) < 4.78 is 1.90. The molecular formula is C19H12N2O3S2. The topological polar surface area (TPSA) is 74.8 Å². The fraction of sp³-hybridized carbons (Fsp3) is 0. The van der Waals surface area contributed by atoms with Gasteiger partial charge >= 0.3 is 5.97 Å². The molecule has 0 unspecified atom stereocenters. The van der Waals surface area contributed by atoms with Crippen molar-refractivity contribution in [3.8, 4) is 11.6 Å². The van der Waals surface area contributed by atoms with Crippen molar-refractivity contribution in [1.82, 2.24) is 4.57 Å². The van der Waals surface area contributed by atoms with Crippen LogP contribution in [0.2, 0.25) is 0 Å². The molecule has 1 aromatic heterocycles. The predicted octanol–water partition coefficient (Wildman–Crippen LogP) is 4.93. The van der Waals surface area contributed by atoms with Crippen LogP contribution in [0.4, 0.5) is 5.69 Å². The van der Waals surface area contributed by atoms with Crippen LogP contribution in [0.25, 0.3) is 17.3 Å². The SMILES string of the molecule is O=C(O)c1cccc(-n2c(O)c(/C=C3\C=Nc4ccccc43)sc2=S)c1. The molecule has 0 aliphatic carbocycles. The number of aromatic nitrogens is 1. The third-order valence-corrected chi connectivity index (χ3v) is 5.32. The minimum atomic E-state index is -1.03. The fourth-order valence-corrected chi connectivity index (χ4v) is 4.08. The van der Waals surface area contributed by atoms with Crippen molar-refractivity contribution < 1.29 is 15.0 Å². The smallest absolute Gasteiger partial charge is 0.335 e. The van der Waals surface area contributed by atoms with E-state index in [0.29, 0.717) is 14.5 Å². The summed E-state index contributed by atoms with van der Waals surface area (Å²) in [6.45, 7) is 0. The highest BCUT2D eigenvalue weighted by Gasteiger charge is 2.16. The molecule has 7 heteroatoms. The van der Waals surface area contributed by atoms with Crippen molar-refractivity contribution in [1.29, 1.82) is 0 Å². The van der Waals surface area contributed by atoms with Crippen molar-refractivity contribution in [2.75, 3.05) is 0 Å². The van der Waals surface area contributed by atoms with Crippen molar-refractivity contribution in [3.05, 3.63) is 68.5 Å². The van der Waals surface area contributed by atoms with Crippen LogP contribution in [-0.2, 0) is 0 Å². The van der Waals surface area contributed by atoms with E-state index in [-0.39, 0.29) is 11.4 Å². The van der Waals surface area contributed by atoms with Crippen molar-refractivity contribution in [3.63, 3.8) is 0 Å². The van der Waals surface area contributed by atoms with Gasteiger partial charge in [-0.2, -0.15) is 0 Å². The number of benzene rings is 2. The number of hydrogen-bond acceptors (Lipinski definition) is 5. The molecule has 26 heavy (non-hydrogen) atoms. The Balaban J connectivity index is 1.81. The van der Waals surface area contributed by atoms with E-state index < -0.39 is 5.97 Å². The molecule has 0 saturated heterocycles. The first-order chi connectivity index (χ1) is 12.5. The van der Waals surface area contributed by atoms with Crippen LogP contribution in [0.1, 0.15) is 20.8 Å². The van der Waals surface area contributed by atoms with Gasteiger partial charge in [0.2, 0.25) is 5.88 Å². The number of aromatic carboxylic acids is 1. The van der Waals surface area contributed by atoms with Gasteiger partial charge in [0.1, 0.15) is 0 Å². The molecule has 2 heterocycles. The second-order valence-electron chi connectivity index (χ2n) is 5.62. The number of fused-ring (bicyclic) bond motifs is 1. The summed E-state index contributed by atoms with van der Waals surface area (Å²) in [5, 5.41) is 19.8. The average molecular weight is 380 g/mol. The molecule has 0 saturated carbocycles. The zero-order valence-electron chi connectivity index (χ0n) is 13.3. The first-order valence-electron chi connectivity index (χ1n) is 7.68. The number of allylic oxidation sites excluding steroid dienone is 1. The highest BCUT2D eigenvalue weighted by molar-refractivity contribution is 7.73. The Morgan fingerprint density at radius 1 is 1.19 bits per heavy atom. The van der Waals surface area contributed by atoms with Crippen molar-refractivity contribution in [2.45, 2.75) is 0 Å². The second-order valence-corrected chi connectivity index (χ2v) is 7.30. The molecule has 0 fully saturated rings. The van der Waals surface area contributed by atoms with Crippen LogP contribution < -0.4 is 0 Å². The molecule has 2 N–H and O–H groups in total. The van der Waals surface area contributed by atoms with Gasteiger partial charge in [0.25, 0.3) is 0 Å². The van der Waals surface area contributed by atoms with E-state index in [4.69, 9.17) is 17.3 Å². The first-order valence-corrected chi connectivity index (χ1v) is 8.91. The Bertz CT molecular complexity index is 1160. The Kier molecular flexibility index (Phi) is 4.02. The number of thiazole rings is 1. The van der Waals surface area contributed by atoms with Gasteiger partial charge in [-0.1, -0.05) is 24.3 Å². The van der Waals surface area contributed by atoms with Gasteiger partial charge in [-0.3, -0.25) is 9.56 Å². The second kappa shape index (κ2) is 6.36. The number of para-hydroxylation sites is 1. The molecule has 0 radical (unpaired) electrons. The van der Waals surface area contributed by atoms with E-state index in [9.17, 15) is 9.90 Å². The summed E-state index contributed by atoms with van der Waals surface area (Å²) in [6.07, 6.45) is 3.59. The molecule has 4 rings (SSSR count). The van der Waals surface area contributed by atoms with E-state index >= 15 is 0 Å². The summed E-state index contributed by atoms with van der Waals surface area (Å²) in [7, 11) is 0. The third kappa shape index (κ3) is 2.77. The van der Waals surface area contributed by atoms with Gasteiger partial charge in [0.15, 0.2) is 3.95 Å². The van der Waals surface area contributed by atoms with Crippen LogP contribution in [0.5, 0.6) is 5.88 Å².